The van der Waals surface area contributed by atoms with Crippen LogP contribution in [0.15, 0.2) is 18.2 Å². The van der Waals surface area contributed by atoms with Crippen LogP contribution in [0.3, 0.4) is 0 Å². The molecule has 1 atom stereocenters. The zero-order valence-corrected chi connectivity index (χ0v) is 10.6. The van der Waals surface area contributed by atoms with Crippen LogP contribution in [0.25, 0.3) is 0 Å². The van der Waals surface area contributed by atoms with Crippen LogP contribution in [0.5, 0.6) is 0 Å². The number of piperazine rings is 1. The van der Waals surface area contributed by atoms with Gasteiger partial charge in [0.1, 0.15) is 6.23 Å². The summed E-state index contributed by atoms with van der Waals surface area (Å²) in [6, 6.07) is 3.93. The van der Waals surface area contributed by atoms with E-state index < -0.39 is 22.7 Å². The molecule has 1 unspecified atom stereocenters. The number of rotatable bonds is 3. The van der Waals surface area contributed by atoms with Gasteiger partial charge < -0.3 is 10.0 Å². The number of aliphatic hydroxyl groups is 1. The van der Waals surface area contributed by atoms with E-state index in [9.17, 15) is 19.6 Å². The summed E-state index contributed by atoms with van der Waals surface area (Å²) in [6.07, 6.45) is -0.490. The van der Waals surface area contributed by atoms with Crippen LogP contribution in [0.2, 0.25) is 0 Å². The van der Waals surface area contributed by atoms with E-state index in [1.807, 2.05) is 9.80 Å². The molecule has 1 fully saturated rings. The summed E-state index contributed by atoms with van der Waals surface area (Å²) in [5, 5.41) is 20.0. The number of benzene rings is 1. The summed E-state index contributed by atoms with van der Waals surface area (Å²) in [6.45, 7) is 4.37. The molecule has 1 heterocycles. The largest absolute Gasteiger partial charge is 0.379 e. The van der Waals surface area contributed by atoms with Crippen LogP contribution < -0.4 is 4.90 Å². The van der Waals surface area contributed by atoms with E-state index in [-0.39, 0.29) is 0 Å². The summed E-state index contributed by atoms with van der Waals surface area (Å²) >= 11 is 0. The first-order valence-corrected chi connectivity index (χ1v) is 6.10. The fourth-order valence-corrected chi connectivity index (χ4v) is 2.19. The zero-order chi connectivity index (χ0) is 14.0. The predicted molar refractivity (Wildman–Crippen MR) is 68.5 cm³/mol. The molecule has 7 heteroatoms. The lowest BCUT2D eigenvalue weighted by molar-refractivity contribution is -0.387. The molecule has 1 aromatic rings. The molecule has 19 heavy (non-hydrogen) atoms. The fourth-order valence-electron chi connectivity index (χ4n) is 2.19. The van der Waals surface area contributed by atoms with Crippen molar-refractivity contribution in [3.05, 3.63) is 34.1 Å². The van der Waals surface area contributed by atoms with Gasteiger partial charge in [-0.3, -0.25) is 15.0 Å². The topological polar surface area (TPSA) is 69.8 Å². The smallest absolute Gasteiger partial charge is 0.304 e. The minimum Gasteiger partial charge on any atom is -0.379 e. The third-order valence-corrected chi connectivity index (χ3v) is 3.34. The van der Waals surface area contributed by atoms with Crippen molar-refractivity contribution in [2.24, 2.45) is 0 Å². The number of hydrogen-bond donors (Lipinski definition) is 1. The van der Waals surface area contributed by atoms with Gasteiger partial charge in [0.25, 0.3) is 0 Å². The van der Waals surface area contributed by atoms with Gasteiger partial charge in [0.2, 0.25) is 5.82 Å². The number of aliphatic hydroxyl groups excluding tert-OH is 1. The van der Waals surface area contributed by atoms with Crippen molar-refractivity contribution in [3.8, 4) is 0 Å². The van der Waals surface area contributed by atoms with Crippen LogP contribution in [-0.4, -0.2) is 47.3 Å². The van der Waals surface area contributed by atoms with Gasteiger partial charge in [-0.15, -0.1) is 0 Å². The lowest BCUT2D eigenvalue weighted by atomic mass is 10.2. The van der Waals surface area contributed by atoms with Gasteiger partial charge in [-0.25, -0.2) is 0 Å². The summed E-state index contributed by atoms with van der Waals surface area (Å²) in [7, 11) is 0. The third-order valence-electron chi connectivity index (χ3n) is 3.34. The molecular formula is C12H16FN3O3. The Balaban J connectivity index is 2.08. The van der Waals surface area contributed by atoms with Crippen molar-refractivity contribution in [2.45, 2.75) is 13.2 Å². The molecule has 6 nitrogen and oxygen atoms in total. The summed E-state index contributed by atoms with van der Waals surface area (Å²) in [4.78, 5) is 13.7. The zero-order valence-electron chi connectivity index (χ0n) is 10.6. The van der Waals surface area contributed by atoms with E-state index in [4.69, 9.17) is 0 Å². The van der Waals surface area contributed by atoms with E-state index >= 15 is 0 Å². The van der Waals surface area contributed by atoms with E-state index in [0.29, 0.717) is 31.9 Å². The molecule has 1 aliphatic heterocycles. The number of hydrogen-bond acceptors (Lipinski definition) is 5. The number of nitro groups is 1. The first-order valence-electron chi connectivity index (χ1n) is 6.10. The van der Waals surface area contributed by atoms with Crippen LogP contribution >= 0.6 is 0 Å². The predicted octanol–water partition coefficient (Wildman–Crippen LogP) is 1.19. The molecule has 1 N–H and O–H groups in total. The maximum Gasteiger partial charge on any atom is 0.304 e. The quantitative estimate of drug-likeness (QED) is 0.659. The van der Waals surface area contributed by atoms with E-state index in [1.54, 1.807) is 13.0 Å². The van der Waals surface area contributed by atoms with Gasteiger partial charge >= 0.3 is 5.69 Å². The Kier molecular flexibility index (Phi) is 3.96. The van der Waals surface area contributed by atoms with Gasteiger partial charge in [-0.1, -0.05) is 0 Å². The SMILES string of the molecule is CC(O)N1CCN(c2ccc([N+](=O)[O-])c(F)c2)CC1. The molecular weight excluding hydrogens is 253 g/mol. The Morgan fingerprint density at radius 3 is 2.47 bits per heavy atom. The summed E-state index contributed by atoms with van der Waals surface area (Å²) in [5.74, 6) is -0.819. The molecule has 2 rings (SSSR count). The molecule has 104 valence electrons. The molecule has 0 aliphatic carbocycles. The molecule has 1 aliphatic rings. The molecule has 0 amide bonds. The average Bonchev–Trinajstić information content (AvgIpc) is 2.38. The second kappa shape index (κ2) is 5.50. The van der Waals surface area contributed by atoms with Crippen molar-refractivity contribution in [1.82, 2.24) is 4.90 Å². The van der Waals surface area contributed by atoms with Gasteiger partial charge in [0.15, 0.2) is 0 Å². The highest BCUT2D eigenvalue weighted by Gasteiger charge is 2.22. The Hall–Kier alpha value is -1.73. The molecule has 0 aromatic heterocycles. The number of halogens is 1. The minimum atomic E-state index is -0.819. The molecule has 0 radical (unpaired) electrons. The van der Waals surface area contributed by atoms with Crippen molar-refractivity contribution >= 4 is 11.4 Å². The fraction of sp³-hybridized carbons (Fsp3) is 0.500. The van der Waals surface area contributed by atoms with Crippen molar-refractivity contribution in [1.29, 1.82) is 0 Å². The molecule has 0 spiro atoms. The standard InChI is InChI=1S/C12H16FN3O3/c1-9(17)14-4-6-15(7-5-14)10-2-3-12(16(18)19)11(13)8-10/h2-3,8-9,17H,4-7H2,1H3. The van der Waals surface area contributed by atoms with E-state index in [2.05, 4.69) is 0 Å². The lowest BCUT2D eigenvalue weighted by Gasteiger charge is -2.37. The number of nitrogens with zero attached hydrogens (tertiary/aromatic N) is 3. The third kappa shape index (κ3) is 2.99. The molecule has 1 aromatic carbocycles. The van der Waals surface area contributed by atoms with Crippen molar-refractivity contribution in [2.75, 3.05) is 31.1 Å². The second-order valence-electron chi connectivity index (χ2n) is 4.55. The van der Waals surface area contributed by atoms with E-state index in [0.717, 1.165) is 0 Å². The van der Waals surface area contributed by atoms with Crippen LogP contribution in [0.4, 0.5) is 15.8 Å². The highest BCUT2D eigenvalue weighted by molar-refractivity contribution is 5.52. The molecule has 0 saturated carbocycles. The van der Waals surface area contributed by atoms with Crippen LogP contribution in [0, 0.1) is 15.9 Å². The Morgan fingerprint density at radius 2 is 2.00 bits per heavy atom. The van der Waals surface area contributed by atoms with Gasteiger partial charge in [0, 0.05) is 44.0 Å². The number of anilines is 1. The van der Waals surface area contributed by atoms with Crippen LogP contribution in [-0.2, 0) is 0 Å². The maximum absolute atomic E-state index is 13.5. The van der Waals surface area contributed by atoms with Gasteiger partial charge in [-0.2, -0.15) is 4.39 Å². The Bertz CT molecular complexity index is 473. The Labute approximate surface area is 110 Å². The lowest BCUT2D eigenvalue weighted by Crippen LogP contribution is -2.49. The molecule has 1 saturated heterocycles. The normalized spacial score (nSPS) is 18.4. The highest BCUT2D eigenvalue weighted by Crippen LogP contribution is 2.24. The molecule has 0 bridgehead atoms. The average molecular weight is 269 g/mol. The summed E-state index contributed by atoms with van der Waals surface area (Å²) in [5.41, 5.74) is 0.125. The van der Waals surface area contributed by atoms with Crippen molar-refractivity contribution < 1.29 is 14.4 Å². The van der Waals surface area contributed by atoms with Crippen LogP contribution in [0.1, 0.15) is 6.92 Å². The summed E-state index contributed by atoms with van der Waals surface area (Å²) < 4.78 is 13.5. The van der Waals surface area contributed by atoms with Crippen molar-refractivity contribution in [3.63, 3.8) is 0 Å². The first kappa shape index (κ1) is 13.7. The van der Waals surface area contributed by atoms with E-state index in [1.165, 1.54) is 12.1 Å². The maximum atomic E-state index is 13.5. The highest BCUT2D eigenvalue weighted by atomic mass is 19.1. The number of nitro benzene ring substituents is 1. The minimum absolute atomic E-state index is 0.490. The second-order valence-corrected chi connectivity index (χ2v) is 4.55. The van der Waals surface area contributed by atoms with Gasteiger partial charge in [-0.05, 0) is 13.0 Å². The van der Waals surface area contributed by atoms with Gasteiger partial charge in [0.05, 0.1) is 4.92 Å². The monoisotopic (exact) mass is 269 g/mol. The Morgan fingerprint density at radius 1 is 1.37 bits per heavy atom. The first-order chi connectivity index (χ1) is 8.99.